The topological polar surface area (TPSA) is 83.0 Å². The molecule has 1 amide bonds. The van der Waals surface area contributed by atoms with Crippen LogP contribution in [-0.4, -0.2) is 65.4 Å². The normalized spacial score (nSPS) is 18.1. The first kappa shape index (κ1) is 23.5. The lowest BCUT2D eigenvalue weighted by Crippen LogP contribution is -2.35. The fourth-order valence-electron chi connectivity index (χ4n) is 3.68. The average Bonchev–Trinajstić information content (AvgIpc) is 3.01. The van der Waals surface area contributed by atoms with Crippen molar-refractivity contribution in [3.8, 4) is 5.75 Å². The van der Waals surface area contributed by atoms with Gasteiger partial charge < -0.3 is 19.6 Å². The first-order valence-electron chi connectivity index (χ1n) is 10.8. The summed E-state index contributed by atoms with van der Waals surface area (Å²) < 4.78 is 5.82. The number of likely N-dealkylation sites (N-methyl/N-ethyl adjacent to an activating group) is 1. The van der Waals surface area contributed by atoms with Gasteiger partial charge in [0.2, 0.25) is 0 Å². The third-order valence-electron chi connectivity index (χ3n) is 5.37. The molecular weight excluding hydrogens is 406 g/mol. The van der Waals surface area contributed by atoms with E-state index in [0.717, 1.165) is 16.9 Å². The van der Waals surface area contributed by atoms with Gasteiger partial charge in [-0.3, -0.25) is 14.6 Å². The van der Waals surface area contributed by atoms with Crippen molar-refractivity contribution in [1.82, 2.24) is 14.8 Å². The summed E-state index contributed by atoms with van der Waals surface area (Å²) in [5.74, 6) is -0.353. The van der Waals surface area contributed by atoms with Crippen LogP contribution in [0.1, 0.15) is 36.6 Å². The van der Waals surface area contributed by atoms with E-state index in [1.807, 2.05) is 25.9 Å². The van der Waals surface area contributed by atoms with Gasteiger partial charge in [0.15, 0.2) is 0 Å². The fraction of sp³-hybridized carbons (Fsp3) is 0.400. The van der Waals surface area contributed by atoms with Gasteiger partial charge in [-0.2, -0.15) is 0 Å². The fourth-order valence-corrected chi connectivity index (χ4v) is 3.68. The molecule has 7 heteroatoms. The van der Waals surface area contributed by atoms with Crippen LogP contribution in [-0.2, 0) is 9.59 Å². The van der Waals surface area contributed by atoms with E-state index < -0.39 is 17.7 Å². The SMILES string of the molecule is Cc1cc(/C(O)=C2/C(=O)C(=O)N(CCN(C)C)C2c2ccncc2)ccc1OCC(C)C. The third-order valence-corrected chi connectivity index (χ3v) is 5.37. The molecule has 1 atom stereocenters. The second-order valence-corrected chi connectivity index (χ2v) is 8.76. The maximum absolute atomic E-state index is 13.0. The zero-order chi connectivity index (χ0) is 23.4. The number of hydrogen-bond acceptors (Lipinski definition) is 6. The summed E-state index contributed by atoms with van der Waals surface area (Å²) in [7, 11) is 3.81. The van der Waals surface area contributed by atoms with E-state index in [-0.39, 0.29) is 11.3 Å². The monoisotopic (exact) mass is 437 g/mol. The third kappa shape index (κ3) is 4.99. The number of rotatable bonds is 8. The molecule has 0 radical (unpaired) electrons. The van der Waals surface area contributed by atoms with Crippen LogP contribution in [0.15, 0.2) is 48.3 Å². The minimum Gasteiger partial charge on any atom is -0.507 e. The van der Waals surface area contributed by atoms with E-state index in [0.29, 0.717) is 31.2 Å². The molecule has 7 nitrogen and oxygen atoms in total. The summed E-state index contributed by atoms with van der Waals surface area (Å²) in [6.45, 7) is 7.58. The lowest BCUT2D eigenvalue weighted by atomic mass is 9.95. The van der Waals surface area contributed by atoms with Gasteiger partial charge in [0.25, 0.3) is 11.7 Å². The minimum absolute atomic E-state index is 0.0928. The maximum atomic E-state index is 13.0. The molecule has 1 aliphatic heterocycles. The number of aliphatic hydroxyl groups is 1. The lowest BCUT2D eigenvalue weighted by Gasteiger charge is -2.26. The van der Waals surface area contributed by atoms with Gasteiger partial charge in [-0.15, -0.1) is 0 Å². The van der Waals surface area contributed by atoms with Gasteiger partial charge >= 0.3 is 0 Å². The lowest BCUT2D eigenvalue weighted by molar-refractivity contribution is -0.140. The van der Waals surface area contributed by atoms with Crippen LogP contribution in [0.4, 0.5) is 0 Å². The van der Waals surface area contributed by atoms with Crippen molar-refractivity contribution in [3.63, 3.8) is 0 Å². The Balaban J connectivity index is 2.05. The van der Waals surface area contributed by atoms with Crippen LogP contribution in [0.5, 0.6) is 5.75 Å². The van der Waals surface area contributed by atoms with E-state index in [1.165, 1.54) is 4.90 Å². The number of carbonyl (C=O) groups excluding carboxylic acids is 2. The highest BCUT2D eigenvalue weighted by Crippen LogP contribution is 2.39. The number of ether oxygens (including phenoxy) is 1. The number of likely N-dealkylation sites (tertiary alicyclic amines) is 1. The number of aryl methyl sites for hydroxylation is 1. The highest BCUT2D eigenvalue weighted by molar-refractivity contribution is 6.46. The quantitative estimate of drug-likeness (QED) is 0.387. The number of aromatic nitrogens is 1. The molecule has 0 bridgehead atoms. The first-order valence-corrected chi connectivity index (χ1v) is 10.8. The Labute approximate surface area is 189 Å². The highest BCUT2D eigenvalue weighted by atomic mass is 16.5. The molecular formula is C25H31N3O4. The summed E-state index contributed by atoms with van der Waals surface area (Å²) in [4.78, 5) is 33.4. The molecule has 1 aromatic carbocycles. The Morgan fingerprint density at radius 3 is 2.47 bits per heavy atom. The van der Waals surface area contributed by atoms with Crippen molar-refractivity contribution in [1.29, 1.82) is 0 Å². The van der Waals surface area contributed by atoms with E-state index in [9.17, 15) is 14.7 Å². The molecule has 1 saturated heterocycles. The number of benzene rings is 1. The molecule has 170 valence electrons. The largest absolute Gasteiger partial charge is 0.507 e. The van der Waals surface area contributed by atoms with E-state index in [1.54, 1.807) is 42.7 Å². The van der Waals surface area contributed by atoms with Crippen molar-refractivity contribution in [3.05, 3.63) is 65.0 Å². The zero-order valence-electron chi connectivity index (χ0n) is 19.3. The van der Waals surface area contributed by atoms with Crippen molar-refractivity contribution < 1.29 is 19.4 Å². The van der Waals surface area contributed by atoms with Gasteiger partial charge in [-0.1, -0.05) is 13.8 Å². The Morgan fingerprint density at radius 1 is 1.19 bits per heavy atom. The number of ketones is 1. The number of Topliss-reactive ketones (excluding diaryl/α,β-unsaturated/α-hetero) is 1. The molecule has 1 N–H and O–H groups in total. The van der Waals surface area contributed by atoms with E-state index in [2.05, 4.69) is 18.8 Å². The molecule has 1 unspecified atom stereocenters. The first-order chi connectivity index (χ1) is 15.2. The number of nitrogens with zero attached hydrogens (tertiary/aromatic N) is 3. The van der Waals surface area contributed by atoms with Crippen molar-refractivity contribution in [2.24, 2.45) is 5.92 Å². The van der Waals surface area contributed by atoms with Gasteiger partial charge in [0, 0.05) is 31.0 Å². The molecule has 1 aliphatic rings. The van der Waals surface area contributed by atoms with Crippen molar-refractivity contribution in [2.45, 2.75) is 26.8 Å². The molecule has 3 rings (SSSR count). The summed E-state index contributed by atoms with van der Waals surface area (Å²) in [6.07, 6.45) is 3.23. The highest BCUT2D eigenvalue weighted by Gasteiger charge is 2.45. The van der Waals surface area contributed by atoms with Crippen LogP contribution >= 0.6 is 0 Å². The van der Waals surface area contributed by atoms with Crippen LogP contribution in [0.25, 0.3) is 5.76 Å². The molecule has 2 heterocycles. The zero-order valence-corrected chi connectivity index (χ0v) is 19.3. The van der Waals surface area contributed by atoms with E-state index in [4.69, 9.17) is 4.74 Å². The Kier molecular flexibility index (Phi) is 7.30. The second kappa shape index (κ2) is 9.96. The number of hydrogen-bond donors (Lipinski definition) is 1. The Morgan fingerprint density at radius 2 is 1.88 bits per heavy atom. The van der Waals surface area contributed by atoms with Gasteiger partial charge in [0.05, 0.1) is 18.2 Å². The van der Waals surface area contributed by atoms with Gasteiger partial charge in [0.1, 0.15) is 11.5 Å². The number of carbonyl (C=O) groups is 2. The molecule has 1 fully saturated rings. The second-order valence-electron chi connectivity index (χ2n) is 8.76. The minimum atomic E-state index is -0.680. The van der Waals surface area contributed by atoms with Crippen molar-refractivity contribution in [2.75, 3.05) is 33.8 Å². The summed E-state index contributed by atoms with van der Waals surface area (Å²) in [5, 5.41) is 11.2. The van der Waals surface area contributed by atoms with Crippen LogP contribution in [0, 0.1) is 12.8 Å². The molecule has 0 saturated carbocycles. The maximum Gasteiger partial charge on any atom is 0.295 e. The molecule has 0 aliphatic carbocycles. The standard InChI is InChI=1S/C25H31N3O4/c1-16(2)15-32-20-7-6-19(14-17(20)3)23(29)21-22(18-8-10-26-11-9-18)28(13-12-27(4)5)25(31)24(21)30/h6-11,14,16,22,29H,12-13,15H2,1-5H3/b23-21-. The van der Waals surface area contributed by atoms with Crippen molar-refractivity contribution >= 4 is 17.4 Å². The van der Waals surface area contributed by atoms with Crippen LogP contribution < -0.4 is 4.74 Å². The molecule has 2 aromatic rings. The van der Waals surface area contributed by atoms with Crippen LogP contribution in [0.2, 0.25) is 0 Å². The smallest absolute Gasteiger partial charge is 0.295 e. The predicted octanol–water partition coefficient (Wildman–Crippen LogP) is 3.41. The molecule has 0 spiro atoms. The van der Waals surface area contributed by atoms with Gasteiger partial charge in [-0.05, 0) is 68.4 Å². The summed E-state index contributed by atoms with van der Waals surface area (Å²) in [5.41, 5.74) is 2.14. The predicted molar refractivity (Wildman–Crippen MR) is 123 cm³/mol. The van der Waals surface area contributed by atoms with Crippen LogP contribution in [0.3, 0.4) is 0 Å². The van der Waals surface area contributed by atoms with Gasteiger partial charge in [-0.25, -0.2) is 0 Å². The molecule has 1 aromatic heterocycles. The number of pyridine rings is 1. The summed E-state index contributed by atoms with van der Waals surface area (Å²) in [6, 6.07) is 8.14. The Bertz CT molecular complexity index is 1020. The Hall–Kier alpha value is -3.19. The van der Waals surface area contributed by atoms with E-state index >= 15 is 0 Å². The summed E-state index contributed by atoms with van der Waals surface area (Å²) >= 11 is 0. The number of amides is 1. The number of aliphatic hydroxyl groups excluding tert-OH is 1. The molecule has 32 heavy (non-hydrogen) atoms. The average molecular weight is 438 g/mol.